The van der Waals surface area contributed by atoms with Gasteiger partial charge in [0.25, 0.3) is 5.56 Å². The van der Waals surface area contributed by atoms with Crippen LogP contribution in [0.4, 0.5) is 27.8 Å². The van der Waals surface area contributed by atoms with Crippen LogP contribution >= 0.6 is 11.6 Å². The van der Waals surface area contributed by atoms with Gasteiger partial charge in [0.05, 0.1) is 27.7 Å². The Bertz CT molecular complexity index is 1830. The zero-order valence-electron chi connectivity index (χ0n) is 21.1. The topological polar surface area (TPSA) is 164 Å². The van der Waals surface area contributed by atoms with Crippen molar-refractivity contribution in [2.45, 2.75) is 13.0 Å². The molecule has 11 nitrogen and oxygen atoms in total. The van der Waals surface area contributed by atoms with E-state index in [2.05, 4.69) is 25.9 Å². The molecule has 2 aromatic heterocycles. The SMILES string of the molecule is CC(Nc1ncnc(N)c1C#N)c1nc2cccc(Cl)c2c(=O)n1-c1cccc(NC(=O)Nc2ccccc2)c1. The van der Waals surface area contributed by atoms with Crippen LogP contribution in [0.2, 0.25) is 5.02 Å². The fourth-order valence-corrected chi connectivity index (χ4v) is 4.42. The minimum atomic E-state index is -0.629. The summed E-state index contributed by atoms with van der Waals surface area (Å²) in [5.74, 6) is 0.532. The molecule has 0 aliphatic heterocycles. The van der Waals surface area contributed by atoms with Crippen molar-refractivity contribution in [1.82, 2.24) is 19.5 Å². The molecule has 0 bridgehead atoms. The number of para-hydroxylation sites is 1. The van der Waals surface area contributed by atoms with E-state index >= 15 is 0 Å². The van der Waals surface area contributed by atoms with Crippen LogP contribution in [0.1, 0.15) is 24.4 Å². The van der Waals surface area contributed by atoms with Gasteiger partial charge in [-0.15, -0.1) is 0 Å². The lowest BCUT2D eigenvalue weighted by molar-refractivity contribution is 0.262. The first-order chi connectivity index (χ1) is 19.4. The number of nitrogens with zero attached hydrogens (tertiary/aromatic N) is 5. The molecule has 5 N–H and O–H groups in total. The lowest BCUT2D eigenvalue weighted by Crippen LogP contribution is -2.28. The molecule has 0 saturated carbocycles. The van der Waals surface area contributed by atoms with Crippen molar-refractivity contribution >= 4 is 51.5 Å². The number of nitrogens with one attached hydrogen (secondary N) is 3. The minimum absolute atomic E-state index is 0.0235. The normalized spacial score (nSPS) is 11.4. The van der Waals surface area contributed by atoms with Crippen molar-refractivity contribution in [2.24, 2.45) is 0 Å². The fraction of sp³-hybridized carbons (Fsp3) is 0.0714. The third-order valence-corrected chi connectivity index (χ3v) is 6.31. The lowest BCUT2D eigenvalue weighted by atomic mass is 10.2. The summed E-state index contributed by atoms with van der Waals surface area (Å²) in [6.45, 7) is 1.77. The van der Waals surface area contributed by atoms with E-state index < -0.39 is 17.6 Å². The summed E-state index contributed by atoms with van der Waals surface area (Å²) in [4.78, 5) is 39.3. The number of rotatable bonds is 6. The second kappa shape index (κ2) is 11.1. The molecule has 5 rings (SSSR count). The number of amides is 2. The maximum Gasteiger partial charge on any atom is 0.323 e. The second-order valence-corrected chi connectivity index (χ2v) is 9.11. The van der Waals surface area contributed by atoms with Crippen LogP contribution in [0.15, 0.2) is 83.9 Å². The van der Waals surface area contributed by atoms with Gasteiger partial charge in [-0.3, -0.25) is 9.36 Å². The molecule has 12 heteroatoms. The molecule has 198 valence electrons. The van der Waals surface area contributed by atoms with Gasteiger partial charge in [0, 0.05) is 11.4 Å². The van der Waals surface area contributed by atoms with Crippen LogP contribution in [0.5, 0.6) is 0 Å². The molecule has 5 aromatic rings. The molecule has 1 atom stereocenters. The standard InChI is InChI=1S/C28H22ClN9O2/c1-16(34-25-20(14-30)24(31)32-15-33-25)26-37-22-12-6-11-21(29)23(22)27(39)38(26)19-10-5-9-18(13-19)36-28(40)35-17-7-3-2-4-8-17/h2-13,15-16H,1H3,(H2,35,36,40)(H3,31,32,33,34). The predicted octanol–water partition coefficient (Wildman–Crippen LogP) is 5.10. The Morgan fingerprint density at radius 1 is 1.02 bits per heavy atom. The number of benzene rings is 3. The number of hydrogen-bond acceptors (Lipinski definition) is 8. The Morgan fingerprint density at radius 2 is 1.75 bits per heavy atom. The number of nitrogen functional groups attached to an aromatic ring is 1. The largest absolute Gasteiger partial charge is 0.382 e. The number of fused-ring (bicyclic) bond motifs is 1. The monoisotopic (exact) mass is 551 g/mol. The summed E-state index contributed by atoms with van der Waals surface area (Å²) in [6, 6.07) is 21.7. The third kappa shape index (κ3) is 5.24. The summed E-state index contributed by atoms with van der Waals surface area (Å²) >= 11 is 6.42. The van der Waals surface area contributed by atoms with Crippen molar-refractivity contribution < 1.29 is 4.79 Å². The first kappa shape index (κ1) is 26.1. The van der Waals surface area contributed by atoms with E-state index in [0.717, 1.165) is 0 Å². The van der Waals surface area contributed by atoms with Crippen molar-refractivity contribution in [2.75, 3.05) is 21.7 Å². The predicted molar refractivity (Wildman–Crippen MR) is 155 cm³/mol. The average Bonchev–Trinajstić information content (AvgIpc) is 2.93. The van der Waals surface area contributed by atoms with Gasteiger partial charge in [-0.25, -0.2) is 19.7 Å². The number of carbonyl (C=O) groups excluding carboxylic acids is 1. The van der Waals surface area contributed by atoms with Crippen molar-refractivity contribution in [3.8, 4) is 11.8 Å². The number of anilines is 4. The summed E-state index contributed by atoms with van der Waals surface area (Å²) < 4.78 is 1.41. The Kier molecular flexibility index (Phi) is 7.26. The van der Waals surface area contributed by atoms with Crippen LogP contribution < -0.4 is 27.2 Å². The lowest BCUT2D eigenvalue weighted by Gasteiger charge is -2.21. The number of nitrogens with two attached hydrogens (primary N) is 1. The van der Waals surface area contributed by atoms with Gasteiger partial charge in [-0.05, 0) is 49.4 Å². The molecule has 0 aliphatic rings. The highest BCUT2D eigenvalue weighted by Crippen LogP contribution is 2.27. The fourth-order valence-electron chi connectivity index (χ4n) is 4.17. The molecule has 40 heavy (non-hydrogen) atoms. The maximum atomic E-state index is 13.9. The molecule has 0 spiro atoms. The highest BCUT2D eigenvalue weighted by Gasteiger charge is 2.21. The van der Waals surface area contributed by atoms with Gasteiger partial charge in [0.15, 0.2) is 0 Å². The Labute approximate surface area is 233 Å². The smallest absolute Gasteiger partial charge is 0.323 e. The molecule has 2 heterocycles. The van der Waals surface area contributed by atoms with Crippen molar-refractivity contribution in [3.05, 3.63) is 106 Å². The number of aromatic nitrogens is 4. The number of hydrogen-bond donors (Lipinski definition) is 4. The maximum absolute atomic E-state index is 13.9. The number of halogens is 1. The van der Waals surface area contributed by atoms with Crippen LogP contribution in [0.3, 0.4) is 0 Å². The summed E-state index contributed by atoms with van der Waals surface area (Å²) in [7, 11) is 0. The first-order valence-corrected chi connectivity index (χ1v) is 12.4. The molecule has 0 saturated heterocycles. The quantitative estimate of drug-likeness (QED) is 0.226. The highest BCUT2D eigenvalue weighted by molar-refractivity contribution is 6.35. The molecule has 3 aromatic carbocycles. The van der Waals surface area contributed by atoms with E-state index in [1.54, 1.807) is 61.5 Å². The molecular weight excluding hydrogens is 530 g/mol. The van der Waals surface area contributed by atoms with Crippen LogP contribution in [-0.4, -0.2) is 25.6 Å². The molecule has 1 unspecified atom stereocenters. The van der Waals surface area contributed by atoms with E-state index in [4.69, 9.17) is 22.3 Å². The summed E-state index contributed by atoms with van der Waals surface area (Å²) in [5, 5.41) is 18.7. The third-order valence-electron chi connectivity index (χ3n) is 6.00. The summed E-state index contributed by atoms with van der Waals surface area (Å²) in [5.41, 5.74) is 7.42. The van der Waals surface area contributed by atoms with Gasteiger partial charge >= 0.3 is 6.03 Å². The van der Waals surface area contributed by atoms with Gasteiger partial charge < -0.3 is 21.7 Å². The van der Waals surface area contributed by atoms with Gasteiger partial charge in [-0.1, -0.05) is 41.9 Å². The van der Waals surface area contributed by atoms with Crippen molar-refractivity contribution in [1.29, 1.82) is 5.26 Å². The second-order valence-electron chi connectivity index (χ2n) is 8.70. The van der Waals surface area contributed by atoms with E-state index in [9.17, 15) is 14.9 Å². The van der Waals surface area contributed by atoms with E-state index in [1.165, 1.54) is 10.9 Å². The number of urea groups is 1. The molecule has 0 radical (unpaired) electrons. The van der Waals surface area contributed by atoms with Crippen LogP contribution in [0, 0.1) is 11.3 Å². The zero-order chi connectivity index (χ0) is 28.2. The molecule has 0 fully saturated rings. The van der Waals surface area contributed by atoms with Crippen LogP contribution in [-0.2, 0) is 0 Å². The summed E-state index contributed by atoms with van der Waals surface area (Å²) in [6.07, 6.45) is 1.24. The Morgan fingerprint density at radius 3 is 2.52 bits per heavy atom. The van der Waals surface area contributed by atoms with Gasteiger partial charge in [0.1, 0.15) is 35.4 Å². The minimum Gasteiger partial charge on any atom is -0.382 e. The number of nitriles is 1. The molecular formula is C28H22ClN9O2. The first-order valence-electron chi connectivity index (χ1n) is 12.1. The Hall–Kier alpha value is -5.47. The number of carbonyl (C=O) groups is 1. The van der Waals surface area contributed by atoms with Gasteiger partial charge in [0.2, 0.25) is 0 Å². The van der Waals surface area contributed by atoms with E-state index in [-0.39, 0.29) is 27.6 Å². The average molecular weight is 552 g/mol. The zero-order valence-corrected chi connectivity index (χ0v) is 21.8. The van der Waals surface area contributed by atoms with Crippen LogP contribution in [0.25, 0.3) is 16.6 Å². The van der Waals surface area contributed by atoms with Gasteiger partial charge in [-0.2, -0.15) is 5.26 Å². The van der Waals surface area contributed by atoms with E-state index in [1.807, 2.05) is 24.3 Å². The highest BCUT2D eigenvalue weighted by atomic mass is 35.5. The van der Waals surface area contributed by atoms with E-state index in [0.29, 0.717) is 28.4 Å². The van der Waals surface area contributed by atoms with Crippen molar-refractivity contribution in [3.63, 3.8) is 0 Å². The molecule has 2 amide bonds. The molecule has 0 aliphatic carbocycles. The Balaban J connectivity index is 1.58.